The minimum Gasteiger partial charge on any atom is -0.480 e. The summed E-state index contributed by atoms with van der Waals surface area (Å²) in [6, 6.07) is 3.00. The van der Waals surface area contributed by atoms with Crippen molar-refractivity contribution in [1.29, 1.82) is 0 Å². The monoisotopic (exact) mass is 350 g/mol. The van der Waals surface area contributed by atoms with Gasteiger partial charge in [0.05, 0.1) is 6.42 Å². The van der Waals surface area contributed by atoms with Crippen LogP contribution in [0.1, 0.15) is 30.2 Å². The number of carbonyl (C=O) groups excluding carboxylic acids is 1. The molecule has 0 aliphatic rings. The van der Waals surface area contributed by atoms with Crippen molar-refractivity contribution in [3.8, 4) is 0 Å². The first-order chi connectivity index (χ1) is 11.4. The number of hydrogen-bond donors (Lipinski definition) is 2. The SMILES string of the molecule is CCSCCC(NC(=O)Cc1noc2cc(C)cc(C)c12)C(=O)O. The van der Waals surface area contributed by atoms with Crippen LogP contribution in [0.15, 0.2) is 16.7 Å². The Kier molecular flexibility index (Phi) is 6.25. The molecule has 1 atom stereocenters. The molecule has 7 heteroatoms. The summed E-state index contributed by atoms with van der Waals surface area (Å²) in [6.07, 6.45) is 0.402. The fraction of sp³-hybridized carbons (Fsp3) is 0.471. The third-order valence-electron chi connectivity index (χ3n) is 3.70. The molecule has 0 saturated heterocycles. The van der Waals surface area contributed by atoms with Crippen LogP contribution in [0.2, 0.25) is 0 Å². The van der Waals surface area contributed by atoms with E-state index in [2.05, 4.69) is 10.5 Å². The Hall–Kier alpha value is -2.02. The number of hydrogen-bond acceptors (Lipinski definition) is 5. The highest BCUT2D eigenvalue weighted by atomic mass is 32.2. The maximum atomic E-state index is 12.2. The van der Waals surface area contributed by atoms with Crippen molar-refractivity contribution >= 4 is 34.6 Å². The van der Waals surface area contributed by atoms with Gasteiger partial charge in [0.1, 0.15) is 11.7 Å². The summed E-state index contributed by atoms with van der Waals surface area (Å²) < 4.78 is 5.29. The number of fused-ring (bicyclic) bond motifs is 1. The minimum atomic E-state index is -1.02. The molecule has 0 fully saturated rings. The minimum absolute atomic E-state index is 0.00159. The first kappa shape index (κ1) is 18.3. The van der Waals surface area contributed by atoms with Crippen LogP contribution < -0.4 is 5.32 Å². The summed E-state index contributed by atoms with van der Waals surface area (Å²) in [4.78, 5) is 23.5. The Morgan fingerprint density at radius 2 is 2.12 bits per heavy atom. The summed E-state index contributed by atoms with van der Waals surface area (Å²) in [7, 11) is 0. The molecule has 2 aromatic rings. The zero-order valence-corrected chi connectivity index (χ0v) is 14.9. The fourth-order valence-corrected chi connectivity index (χ4v) is 3.33. The molecule has 0 spiro atoms. The molecule has 2 rings (SSSR count). The highest BCUT2D eigenvalue weighted by Gasteiger charge is 2.21. The van der Waals surface area contributed by atoms with E-state index in [1.54, 1.807) is 11.8 Å². The van der Waals surface area contributed by atoms with E-state index in [0.29, 0.717) is 23.5 Å². The molecule has 1 aromatic heterocycles. The van der Waals surface area contributed by atoms with Crippen molar-refractivity contribution < 1.29 is 19.2 Å². The normalized spacial score (nSPS) is 12.3. The number of aliphatic carboxylic acids is 1. The lowest BCUT2D eigenvalue weighted by molar-refractivity contribution is -0.141. The van der Waals surface area contributed by atoms with E-state index in [0.717, 1.165) is 22.3 Å². The summed E-state index contributed by atoms with van der Waals surface area (Å²) in [5.74, 6) is 0.235. The van der Waals surface area contributed by atoms with Gasteiger partial charge in [-0.1, -0.05) is 18.1 Å². The van der Waals surface area contributed by atoms with Crippen molar-refractivity contribution in [2.24, 2.45) is 0 Å². The number of aromatic nitrogens is 1. The molecule has 1 heterocycles. The van der Waals surface area contributed by atoms with Crippen LogP contribution >= 0.6 is 11.8 Å². The molecule has 1 amide bonds. The fourth-order valence-electron chi connectivity index (χ4n) is 2.64. The summed E-state index contributed by atoms with van der Waals surface area (Å²) >= 11 is 1.65. The number of carboxylic acids is 1. The first-order valence-corrected chi connectivity index (χ1v) is 9.03. The number of thioether (sulfide) groups is 1. The number of benzene rings is 1. The van der Waals surface area contributed by atoms with Crippen LogP contribution in [-0.2, 0) is 16.0 Å². The van der Waals surface area contributed by atoms with Gasteiger partial charge >= 0.3 is 5.97 Å². The van der Waals surface area contributed by atoms with Crippen LogP contribution in [0.4, 0.5) is 0 Å². The molecular weight excluding hydrogens is 328 g/mol. The summed E-state index contributed by atoms with van der Waals surface area (Å²) in [6.45, 7) is 5.92. The highest BCUT2D eigenvalue weighted by molar-refractivity contribution is 7.99. The van der Waals surface area contributed by atoms with Crippen LogP contribution in [0.3, 0.4) is 0 Å². The molecule has 6 nitrogen and oxygen atoms in total. The first-order valence-electron chi connectivity index (χ1n) is 7.87. The lowest BCUT2D eigenvalue weighted by Crippen LogP contribution is -2.42. The zero-order valence-electron chi connectivity index (χ0n) is 14.1. The Morgan fingerprint density at radius 1 is 1.38 bits per heavy atom. The number of rotatable bonds is 8. The molecular formula is C17H22N2O4S. The average molecular weight is 350 g/mol. The highest BCUT2D eigenvalue weighted by Crippen LogP contribution is 2.24. The van der Waals surface area contributed by atoms with Gasteiger partial charge < -0.3 is 14.9 Å². The number of nitrogens with zero attached hydrogens (tertiary/aromatic N) is 1. The van der Waals surface area contributed by atoms with Gasteiger partial charge in [-0.25, -0.2) is 4.79 Å². The second-order valence-electron chi connectivity index (χ2n) is 5.70. The molecule has 24 heavy (non-hydrogen) atoms. The van der Waals surface area contributed by atoms with E-state index in [9.17, 15) is 14.7 Å². The van der Waals surface area contributed by atoms with Gasteiger partial charge in [-0.05, 0) is 49.0 Å². The number of aryl methyl sites for hydroxylation is 2. The Bertz CT molecular complexity index is 742. The third-order valence-corrected chi connectivity index (χ3v) is 4.64. The maximum Gasteiger partial charge on any atom is 0.326 e. The molecule has 0 aliphatic carbocycles. The van der Waals surface area contributed by atoms with Crippen LogP contribution in [-0.4, -0.2) is 39.7 Å². The number of carboxylic acid groups (broad SMARTS) is 1. The molecule has 2 N–H and O–H groups in total. The van der Waals surface area contributed by atoms with E-state index in [1.807, 2.05) is 32.9 Å². The summed E-state index contributed by atoms with van der Waals surface area (Å²) in [5, 5.41) is 16.6. The topological polar surface area (TPSA) is 92.4 Å². The number of nitrogens with one attached hydrogen (secondary N) is 1. The zero-order chi connectivity index (χ0) is 17.7. The van der Waals surface area contributed by atoms with Crippen LogP contribution in [0, 0.1) is 13.8 Å². The number of carbonyl (C=O) groups is 2. The van der Waals surface area contributed by atoms with E-state index in [-0.39, 0.29) is 12.3 Å². The van der Waals surface area contributed by atoms with E-state index < -0.39 is 12.0 Å². The van der Waals surface area contributed by atoms with Gasteiger partial charge in [0.15, 0.2) is 5.58 Å². The standard InChI is InChI=1S/C17H22N2O4S/c1-4-24-6-5-12(17(21)22)18-15(20)9-13-16-11(3)7-10(2)8-14(16)23-19-13/h7-8,12H,4-6,9H2,1-3H3,(H,18,20)(H,21,22). The Morgan fingerprint density at radius 3 is 2.79 bits per heavy atom. The second-order valence-corrected chi connectivity index (χ2v) is 7.10. The van der Waals surface area contributed by atoms with Gasteiger partial charge in [0, 0.05) is 5.39 Å². The molecule has 1 unspecified atom stereocenters. The molecule has 0 bridgehead atoms. The van der Waals surface area contributed by atoms with Crippen molar-refractivity contribution in [2.45, 2.75) is 39.7 Å². The molecule has 0 saturated carbocycles. The van der Waals surface area contributed by atoms with Crippen molar-refractivity contribution in [1.82, 2.24) is 10.5 Å². The van der Waals surface area contributed by atoms with Crippen molar-refractivity contribution in [2.75, 3.05) is 11.5 Å². The van der Waals surface area contributed by atoms with Crippen molar-refractivity contribution in [3.63, 3.8) is 0 Å². The average Bonchev–Trinajstić information content (AvgIpc) is 2.89. The van der Waals surface area contributed by atoms with E-state index in [4.69, 9.17) is 4.52 Å². The Labute approximate surface area is 145 Å². The molecule has 130 valence electrons. The van der Waals surface area contributed by atoms with Crippen molar-refractivity contribution in [3.05, 3.63) is 29.0 Å². The van der Waals surface area contributed by atoms with Crippen LogP contribution in [0.25, 0.3) is 11.0 Å². The Balaban J connectivity index is 2.07. The van der Waals surface area contributed by atoms with Crippen LogP contribution in [0.5, 0.6) is 0 Å². The van der Waals surface area contributed by atoms with Gasteiger partial charge in [-0.3, -0.25) is 4.79 Å². The van der Waals surface area contributed by atoms with E-state index >= 15 is 0 Å². The van der Waals surface area contributed by atoms with Gasteiger partial charge in [0.2, 0.25) is 5.91 Å². The molecule has 0 radical (unpaired) electrons. The smallest absolute Gasteiger partial charge is 0.326 e. The lowest BCUT2D eigenvalue weighted by atomic mass is 10.0. The maximum absolute atomic E-state index is 12.2. The summed E-state index contributed by atoms with van der Waals surface area (Å²) in [5.41, 5.74) is 3.23. The van der Waals surface area contributed by atoms with Gasteiger partial charge in [0.25, 0.3) is 0 Å². The predicted molar refractivity (Wildman–Crippen MR) is 94.4 cm³/mol. The predicted octanol–water partition coefficient (Wildman–Crippen LogP) is 2.70. The second kappa shape index (κ2) is 8.19. The van der Waals surface area contributed by atoms with Gasteiger partial charge in [-0.2, -0.15) is 11.8 Å². The molecule has 1 aromatic carbocycles. The largest absolute Gasteiger partial charge is 0.480 e. The quantitative estimate of drug-likeness (QED) is 0.711. The molecule has 0 aliphatic heterocycles. The van der Waals surface area contributed by atoms with E-state index in [1.165, 1.54) is 0 Å². The number of amides is 1. The lowest BCUT2D eigenvalue weighted by Gasteiger charge is -2.13. The third kappa shape index (κ3) is 4.50. The van der Waals surface area contributed by atoms with Gasteiger partial charge in [-0.15, -0.1) is 0 Å².